The molecule has 0 atom stereocenters. The van der Waals surface area contributed by atoms with Crippen LogP contribution in [0.15, 0.2) is 41.7 Å². The third-order valence-corrected chi connectivity index (χ3v) is 3.79. The summed E-state index contributed by atoms with van der Waals surface area (Å²) in [5.41, 5.74) is 2.81. The number of ether oxygens (including phenoxy) is 2. The molecule has 0 aliphatic rings. The molecule has 2 aromatic heterocycles. The van der Waals surface area contributed by atoms with Gasteiger partial charge in [0, 0.05) is 5.56 Å². The molecule has 0 saturated heterocycles. The molecular weight excluding hydrogens is 286 g/mol. The van der Waals surface area contributed by atoms with Gasteiger partial charge < -0.3 is 9.47 Å². The van der Waals surface area contributed by atoms with Gasteiger partial charge in [-0.1, -0.05) is 11.8 Å². The van der Waals surface area contributed by atoms with Crippen molar-refractivity contribution in [3.05, 3.63) is 36.5 Å². The minimum Gasteiger partial charge on any atom is -0.497 e. The van der Waals surface area contributed by atoms with Crippen molar-refractivity contribution in [1.82, 2.24) is 14.6 Å². The number of benzene rings is 1. The minimum atomic E-state index is 0.724. The summed E-state index contributed by atoms with van der Waals surface area (Å²) in [5.74, 6) is 1.56. The average Bonchev–Trinajstić information content (AvgIpc) is 2.96. The third kappa shape index (κ3) is 2.42. The molecule has 0 aliphatic carbocycles. The number of hydrogen-bond donors (Lipinski definition) is 0. The molecule has 0 fully saturated rings. The molecule has 0 aliphatic heterocycles. The molecule has 3 aromatic rings. The third-order valence-electron chi connectivity index (χ3n) is 3.24. The number of hydrogen-bond acceptors (Lipinski definition) is 5. The van der Waals surface area contributed by atoms with Gasteiger partial charge in [-0.3, -0.25) is 0 Å². The number of fused-ring (bicyclic) bond motifs is 1. The lowest BCUT2D eigenvalue weighted by Gasteiger charge is -2.10. The number of thioether (sulfide) groups is 1. The number of aromatic nitrogens is 3. The average molecular weight is 301 g/mol. The molecule has 0 N–H and O–H groups in total. The maximum atomic E-state index is 5.46. The summed E-state index contributed by atoms with van der Waals surface area (Å²) in [6.45, 7) is 0. The van der Waals surface area contributed by atoms with Crippen LogP contribution in [0.1, 0.15) is 0 Å². The maximum absolute atomic E-state index is 5.46. The van der Waals surface area contributed by atoms with Crippen molar-refractivity contribution in [1.29, 1.82) is 0 Å². The van der Waals surface area contributed by atoms with E-state index in [0.29, 0.717) is 0 Å². The quantitative estimate of drug-likeness (QED) is 0.693. The molecule has 1 aromatic carbocycles. The fraction of sp³-hybridized carbons (Fsp3) is 0.200. The molecule has 0 amide bonds. The zero-order valence-corrected chi connectivity index (χ0v) is 12.8. The minimum absolute atomic E-state index is 0.724. The van der Waals surface area contributed by atoms with Gasteiger partial charge in [0.05, 0.1) is 31.6 Å². The van der Waals surface area contributed by atoms with Gasteiger partial charge >= 0.3 is 0 Å². The number of nitrogens with zero attached hydrogens (tertiary/aromatic N) is 3. The second-order valence-electron chi connectivity index (χ2n) is 4.37. The Morgan fingerprint density at radius 2 is 1.95 bits per heavy atom. The van der Waals surface area contributed by atoms with E-state index in [9.17, 15) is 0 Å². The first-order valence-corrected chi connectivity index (χ1v) is 7.60. The van der Waals surface area contributed by atoms with E-state index in [1.54, 1.807) is 14.2 Å². The van der Waals surface area contributed by atoms with Crippen LogP contribution in [0, 0.1) is 0 Å². The van der Waals surface area contributed by atoms with Crippen LogP contribution in [0.2, 0.25) is 0 Å². The molecule has 21 heavy (non-hydrogen) atoms. The lowest BCUT2D eigenvalue weighted by molar-refractivity contribution is 0.404. The van der Waals surface area contributed by atoms with E-state index in [4.69, 9.17) is 9.47 Å². The Labute approximate surface area is 126 Å². The van der Waals surface area contributed by atoms with Crippen LogP contribution in [0.4, 0.5) is 0 Å². The normalized spacial score (nSPS) is 10.8. The van der Waals surface area contributed by atoms with Crippen LogP contribution in [-0.2, 0) is 0 Å². The Bertz CT molecular complexity index is 786. The van der Waals surface area contributed by atoms with Crippen molar-refractivity contribution in [3.63, 3.8) is 0 Å². The fourth-order valence-corrected chi connectivity index (χ4v) is 2.52. The predicted octanol–water partition coefficient (Wildman–Crippen LogP) is 3.14. The predicted molar refractivity (Wildman–Crippen MR) is 83.3 cm³/mol. The molecule has 0 spiro atoms. The fourth-order valence-electron chi connectivity index (χ4n) is 2.20. The highest BCUT2D eigenvalue weighted by Crippen LogP contribution is 2.34. The van der Waals surface area contributed by atoms with E-state index < -0.39 is 0 Å². The SMILES string of the molecule is COc1ccc(OC)c(-c2ccc3cnc(SC)nn23)c1. The van der Waals surface area contributed by atoms with Crippen LogP contribution in [0.3, 0.4) is 0 Å². The Morgan fingerprint density at radius 1 is 1.10 bits per heavy atom. The van der Waals surface area contributed by atoms with Gasteiger partial charge in [0.1, 0.15) is 11.5 Å². The Kier molecular flexibility index (Phi) is 3.70. The molecule has 108 valence electrons. The van der Waals surface area contributed by atoms with E-state index in [1.165, 1.54) is 11.8 Å². The largest absolute Gasteiger partial charge is 0.497 e. The molecule has 5 nitrogen and oxygen atoms in total. The molecule has 0 radical (unpaired) electrons. The van der Waals surface area contributed by atoms with E-state index in [0.717, 1.165) is 33.4 Å². The lowest BCUT2D eigenvalue weighted by atomic mass is 10.1. The molecule has 0 unspecified atom stereocenters. The highest BCUT2D eigenvalue weighted by atomic mass is 32.2. The van der Waals surface area contributed by atoms with Gasteiger partial charge in [0.2, 0.25) is 5.16 Å². The topological polar surface area (TPSA) is 48.7 Å². The summed E-state index contributed by atoms with van der Waals surface area (Å²) < 4.78 is 12.6. The zero-order chi connectivity index (χ0) is 14.8. The standard InChI is InChI=1S/C15H15N3O2S/c1-19-11-5-7-14(20-2)12(8-11)13-6-4-10-9-16-15(21-3)17-18(10)13/h4-9H,1-3H3. The molecule has 3 rings (SSSR count). The summed E-state index contributed by atoms with van der Waals surface area (Å²) in [4.78, 5) is 4.28. The van der Waals surface area contributed by atoms with Crippen molar-refractivity contribution in [2.45, 2.75) is 5.16 Å². The van der Waals surface area contributed by atoms with E-state index in [1.807, 2.05) is 47.3 Å². The smallest absolute Gasteiger partial charge is 0.207 e. The van der Waals surface area contributed by atoms with Gasteiger partial charge in [0.25, 0.3) is 0 Å². The summed E-state index contributed by atoms with van der Waals surface area (Å²) >= 11 is 1.51. The molecule has 6 heteroatoms. The van der Waals surface area contributed by atoms with Gasteiger partial charge in [-0.15, -0.1) is 5.10 Å². The number of methoxy groups -OCH3 is 2. The lowest BCUT2D eigenvalue weighted by Crippen LogP contribution is -1.99. The van der Waals surface area contributed by atoms with Crippen molar-refractivity contribution < 1.29 is 9.47 Å². The molecule has 0 bridgehead atoms. The van der Waals surface area contributed by atoms with Crippen molar-refractivity contribution >= 4 is 17.3 Å². The van der Waals surface area contributed by atoms with Gasteiger partial charge in [-0.05, 0) is 36.6 Å². The highest BCUT2D eigenvalue weighted by molar-refractivity contribution is 7.98. The van der Waals surface area contributed by atoms with Crippen molar-refractivity contribution in [3.8, 4) is 22.8 Å². The highest BCUT2D eigenvalue weighted by Gasteiger charge is 2.13. The van der Waals surface area contributed by atoms with Gasteiger partial charge in [-0.25, -0.2) is 9.50 Å². The van der Waals surface area contributed by atoms with E-state index >= 15 is 0 Å². The van der Waals surface area contributed by atoms with Crippen LogP contribution in [0.5, 0.6) is 11.5 Å². The number of rotatable bonds is 4. The van der Waals surface area contributed by atoms with Gasteiger partial charge in [0.15, 0.2) is 0 Å². The summed E-state index contributed by atoms with van der Waals surface area (Å²) in [6.07, 6.45) is 3.77. The molecule has 2 heterocycles. The van der Waals surface area contributed by atoms with Crippen LogP contribution >= 0.6 is 11.8 Å². The first kappa shape index (κ1) is 13.8. The van der Waals surface area contributed by atoms with Gasteiger partial charge in [-0.2, -0.15) is 0 Å². The monoisotopic (exact) mass is 301 g/mol. The van der Waals surface area contributed by atoms with Crippen molar-refractivity contribution in [2.75, 3.05) is 20.5 Å². The first-order chi connectivity index (χ1) is 10.3. The second-order valence-corrected chi connectivity index (χ2v) is 5.14. The Hall–Kier alpha value is -2.21. The zero-order valence-electron chi connectivity index (χ0n) is 12.0. The van der Waals surface area contributed by atoms with Crippen molar-refractivity contribution in [2.24, 2.45) is 0 Å². The van der Waals surface area contributed by atoms with E-state index in [-0.39, 0.29) is 0 Å². The summed E-state index contributed by atoms with van der Waals surface area (Å²) in [7, 11) is 3.30. The first-order valence-electron chi connectivity index (χ1n) is 6.38. The molecule has 0 saturated carbocycles. The summed E-state index contributed by atoms with van der Waals surface area (Å²) in [6, 6.07) is 9.70. The second kappa shape index (κ2) is 5.65. The van der Waals surface area contributed by atoms with E-state index in [2.05, 4.69) is 10.1 Å². The Morgan fingerprint density at radius 3 is 2.67 bits per heavy atom. The maximum Gasteiger partial charge on any atom is 0.207 e. The molecular formula is C15H15N3O2S. The summed E-state index contributed by atoms with van der Waals surface area (Å²) in [5, 5.41) is 5.26. The van der Waals surface area contributed by atoms with Crippen LogP contribution < -0.4 is 9.47 Å². The van der Waals surface area contributed by atoms with Crippen LogP contribution in [0.25, 0.3) is 16.8 Å². The van der Waals surface area contributed by atoms with Crippen LogP contribution in [-0.4, -0.2) is 35.1 Å². The Balaban J connectivity index is 2.24.